The van der Waals surface area contributed by atoms with E-state index in [0.29, 0.717) is 12.1 Å². The van der Waals surface area contributed by atoms with Crippen LogP contribution in [0.3, 0.4) is 0 Å². The Morgan fingerprint density at radius 3 is 2.36 bits per heavy atom. The minimum Gasteiger partial charge on any atom is -0.334 e. The van der Waals surface area contributed by atoms with E-state index in [2.05, 4.69) is 15.6 Å². The molecular weight excluding hydrogens is 315 g/mol. The molecule has 22 heavy (non-hydrogen) atoms. The van der Waals surface area contributed by atoms with Crippen molar-refractivity contribution in [3.05, 3.63) is 51.5 Å². The monoisotopic (exact) mass is 329 g/mol. The van der Waals surface area contributed by atoms with Crippen molar-refractivity contribution < 1.29 is 18.0 Å². The van der Waals surface area contributed by atoms with Crippen molar-refractivity contribution in [3.63, 3.8) is 0 Å². The van der Waals surface area contributed by atoms with Crippen LogP contribution in [-0.2, 0) is 19.3 Å². The molecule has 0 saturated carbocycles. The zero-order chi connectivity index (χ0) is 16.2. The molecule has 8 heteroatoms. The zero-order valence-electron chi connectivity index (χ0n) is 11.7. The maximum Gasteiger partial charge on any atom is 0.416 e. The third kappa shape index (κ3) is 4.73. The summed E-state index contributed by atoms with van der Waals surface area (Å²) in [5.41, 5.74) is -0.113. The van der Waals surface area contributed by atoms with Gasteiger partial charge in [-0.2, -0.15) is 13.2 Å². The van der Waals surface area contributed by atoms with Gasteiger partial charge in [-0.15, -0.1) is 11.3 Å². The quantitative estimate of drug-likeness (QED) is 0.902. The van der Waals surface area contributed by atoms with Crippen LogP contribution in [0.4, 0.5) is 18.0 Å². The lowest BCUT2D eigenvalue weighted by Gasteiger charge is -2.09. The molecule has 1 aromatic carbocycles. The zero-order valence-corrected chi connectivity index (χ0v) is 12.5. The van der Waals surface area contributed by atoms with Gasteiger partial charge in [0.2, 0.25) is 0 Å². The molecule has 0 unspecified atom stereocenters. The van der Waals surface area contributed by atoms with E-state index >= 15 is 0 Å². The van der Waals surface area contributed by atoms with Gasteiger partial charge >= 0.3 is 12.2 Å². The topological polar surface area (TPSA) is 54.0 Å². The number of halogens is 3. The fourth-order valence-electron chi connectivity index (χ4n) is 1.71. The molecular formula is C14H14F3N3OS. The van der Waals surface area contributed by atoms with Crippen LogP contribution in [0.1, 0.15) is 21.0 Å². The van der Waals surface area contributed by atoms with Gasteiger partial charge in [0.1, 0.15) is 0 Å². The van der Waals surface area contributed by atoms with Gasteiger partial charge in [0.15, 0.2) is 0 Å². The fourth-order valence-corrected chi connectivity index (χ4v) is 2.45. The fraction of sp³-hybridized carbons (Fsp3) is 0.286. The second-order valence-corrected chi connectivity index (χ2v) is 5.90. The summed E-state index contributed by atoms with van der Waals surface area (Å²) in [6, 6.07) is 4.29. The van der Waals surface area contributed by atoms with Crippen LogP contribution in [0.25, 0.3) is 0 Å². The summed E-state index contributed by atoms with van der Waals surface area (Å²) in [7, 11) is 0. The van der Waals surface area contributed by atoms with Crippen molar-refractivity contribution in [1.82, 2.24) is 15.6 Å². The maximum absolute atomic E-state index is 12.4. The van der Waals surface area contributed by atoms with Gasteiger partial charge in [-0.3, -0.25) is 0 Å². The lowest BCUT2D eigenvalue weighted by molar-refractivity contribution is -0.137. The van der Waals surface area contributed by atoms with E-state index in [0.717, 1.165) is 22.0 Å². The van der Waals surface area contributed by atoms with Crippen LogP contribution >= 0.6 is 11.3 Å². The molecule has 0 aliphatic heterocycles. The maximum atomic E-state index is 12.4. The highest BCUT2D eigenvalue weighted by Crippen LogP contribution is 2.29. The Labute approximate surface area is 129 Å². The van der Waals surface area contributed by atoms with Crippen molar-refractivity contribution in [2.45, 2.75) is 26.2 Å². The Bertz CT molecular complexity index is 638. The van der Waals surface area contributed by atoms with Gasteiger partial charge in [0.05, 0.1) is 17.1 Å². The predicted molar refractivity (Wildman–Crippen MR) is 77.4 cm³/mol. The molecule has 2 aromatic rings. The SMILES string of the molecule is Cc1ncc(CNC(=O)NCc2ccc(C(F)(F)F)cc2)s1. The molecule has 4 nitrogen and oxygen atoms in total. The Morgan fingerprint density at radius 2 is 1.82 bits per heavy atom. The minimum absolute atomic E-state index is 0.158. The summed E-state index contributed by atoms with van der Waals surface area (Å²) in [6.07, 6.45) is -2.66. The summed E-state index contributed by atoms with van der Waals surface area (Å²) in [5.74, 6) is 0. The van der Waals surface area contributed by atoms with E-state index in [4.69, 9.17) is 0 Å². The first kappa shape index (κ1) is 16.3. The molecule has 0 radical (unpaired) electrons. The second-order valence-electron chi connectivity index (χ2n) is 4.58. The largest absolute Gasteiger partial charge is 0.416 e. The van der Waals surface area contributed by atoms with Gasteiger partial charge in [0, 0.05) is 17.6 Å². The number of aromatic nitrogens is 1. The highest BCUT2D eigenvalue weighted by Gasteiger charge is 2.29. The molecule has 2 N–H and O–H groups in total. The number of hydrogen-bond acceptors (Lipinski definition) is 3. The summed E-state index contributed by atoms with van der Waals surface area (Å²) < 4.78 is 37.2. The Balaban J connectivity index is 1.78. The van der Waals surface area contributed by atoms with Crippen LogP contribution in [0.5, 0.6) is 0 Å². The number of alkyl halides is 3. The number of carbonyl (C=O) groups is 1. The van der Waals surface area contributed by atoms with E-state index in [1.165, 1.54) is 23.5 Å². The van der Waals surface area contributed by atoms with E-state index in [1.54, 1.807) is 6.20 Å². The molecule has 0 saturated heterocycles. The lowest BCUT2D eigenvalue weighted by Crippen LogP contribution is -2.34. The van der Waals surface area contributed by atoms with E-state index in [-0.39, 0.29) is 12.6 Å². The highest BCUT2D eigenvalue weighted by atomic mass is 32.1. The number of hydrogen-bond donors (Lipinski definition) is 2. The molecule has 2 rings (SSSR count). The van der Waals surface area contributed by atoms with Crippen molar-refractivity contribution in [2.24, 2.45) is 0 Å². The molecule has 0 spiro atoms. The standard InChI is InChI=1S/C14H14F3N3OS/c1-9-18-7-12(22-9)8-20-13(21)19-6-10-2-4-11(5-3-10)14(15,16)17/h2-5,7H,6,8H2,1H3,(H2,19,20,21). The normalized spacial score (nSPS) is 11.3. The van der Waals surface area contributed by atoms with Crippen LogP contribution in [0.15, 0.2) is 30.5 Å². The molecule has 0 bridgehead atoms. The van der Waals surface area contributed by atoms with Crippen LogP contribution in [-0.4, -0.2) is 11.0 Å². The second kappa shape index (κ2) is 6.78. The van der Waals surface area contributed by atoms with Crippen molar-refractivity contribution >= 4 is 17.4 Å². The molecule has 1 heterocycles. The Morgan fingerprint density at radius 1 is 1.18 bits per heavy atom. The number of thiazole rings is 1. The van der Waals surface area contributed by atoms with Crippen LogP contribution in [0, 0.1) is 6.92 Å². The smallest absolute Gasteiger partial charge is 0.334 e. The van der Waals surface area contributed by atoms with Gasteiger partial charge in [-0.25, -0.2) is 9.78 Å². The third-order valence-electron chi connectivity index (χ3n) is 2.83. The number of benzene rings is 1. The Kier molecular flexibility index (Phi) is 5.02. The van der Waals surface area contributed by atoms with Gasteiger partial charge in [-0.05, 0) is 24.6 Å². The predicted octanol–water partition coefficient (Wildman–Crippen LogP) is 3.47. The third-order valence-corrected chi connectivity index (χ3v) is 3.74. The number of amides is 2. The molecule has 1 aromatic heterocycles. The number of nitrogens with one attached hydrogen (secondary N) is 2. The van der Waals surface area contributed by atoms with Gasteiger partial charge in [-0.1, -0.05) is 12.1 Å². The first-order valence-corrected chi connectivity index (χ1v) is 7.25. The van der Waals surface area contributed by atoms with Crippen molar-refractivity contribution in [1.29, 1.82) is 0 Å². The number of carbonyl (C=O) groups excluding carboxylic acids is 1. The van der Waals surface area contributed by atoms with Crippen molar-refractivity contribution in [3.8, 4) is 0 Å². The van der Waals surface area contributed by atoms with Crippen LogP contribution < -0.4 is 10.6 Å². The first-order chi connectivity index (χ1) is 10.3. The molecule has 0 atom stereocenters. The molecule has 0 fully saturated rings. The summed E-state index contributed by atoms with van der Waals surface area (Å²) >= 11 is 1.49. The summed E-state index contributed by atoms with van der Waals surface area (Å²) in [5, 5.41) is 6.16. The van der Waals surface area contributed by atoms with E-state index in [1.807, 2.05) is 6.92 Å². The average Bonchev–Trinajstić information content (AvgIpc) is 2.88. The Hall–Kier alpha value is -2.09. The van der Waals surface area contributed by atoms with Crippen molar-refractivity contribution in [2.75, 3.05) is 0 Å². The highest BCUT2D eigenvalue weighted by molar-refractivity contribution is 7.11. The number of aryl methyl sites for hydroxylation is 1. The minimum atomic E-state index is -4.35. The van der Waals surface area contributed by atoms with Crippen LogP contribution in [0.2, 0.25) is 0 Å². The summed E-state index contributed by atoms with van der Waals surface area (Å²) in [6.45, 7) is 2.40. The number of urea groups is 1. The van der Waals surface area contributed by atoms with Gasteiger partial charge < -0.3 is 10.6 Å². The summed E-state index contributed by atoms with van der Waals surface area (Å²) in [4.78, 5) is 16.6. The lowest BCUT2D eigenvalue weighted by atomic mass is 10.1. The first-order valence-electron chi connectivity index (χ1n) is 6.44. The van der Waals surface area contributed by atoms with E-state index < -0.39 is 11.7 Å². The average molecular weight is 329 g/mol. The van der Waals surface area contributed by atoms with Gasteiger partial charge in [0.25, 0.3) is 0 Å². The molecule has 0 aliphatic carbocycles. The molecule has 0 aliphatic rings. The molecule has 2 amide bonds. The molecule has 118 valence electrons. The number of rotatable bonds is 4. The van der Waals surface area contributed by atoms with E-state index in [9.17, 15) is 18.0 Å². The number of nitrogens with zero attached hydrogens (tertiary/aromatic N) is 1.